The van der Waals surface area contributed by atoms with E-state index in [0.717, 1.165) is 30.1 Å². The second-order valence-electron chi connectivity index (χ2n) is 5.98. The zero-order valence-corrected chi connectivity index (χ0v) is 15.8. The normalized spacial score (nSPS) is 11.2. The zero-order chi connectivity index (χ0) is 18.7. The van der Waals surface area contributed by atoms with Gasteiger partial charge in [-0.25, -0.2) is 4.79 Å². The fourth-order valence-corrected chi connectivity index (χ4v) is 3.77. The Kier molecular flexibility index (Phi) is 5.49. The summed E-state index contributed by atoms with van der Waals surface area (Å²) in [6, 6.07) is 8.51. The second kappa shape index (κ2) is 7.80. The number of benzene rings is 1. The van der Waals surface area contributed by atoms with Gasteiger partial charge < -0.3 is 9.63 Å². The number of hydrogen-bond acceptors (Lipinski definition) is 6. The molecule has 26 heavy (non-hydrogen) atoms. The molecule has 6 nitrogen and oxygen atoms in total. The zero-order valence-electron chi connectivity index (χ0n) is 15.0. The Morgan fingerprint density at radius 2 is 1.92 bits per heavy atom. The number of aryl methyl sites for hydroxylation is 1. The van der Waals surface area contributed by atoms with Crippen LogP contribution in [-0.2, 0) is 6.54 Å². The van der Waals surface area contributed by atoms with Crippen molar-refractivity contribution in [2.24, 2.45) is 0 Å². The largest absolute Gasteiger partial charge is 0.478 e. The van der Waals surface area contributed by atoms with Gasteiger partial charge in [-0.3, -0.25) is 4.90 Å². The van der Waals surface area contributed by atoms with Crippen LogP contribution in [0.1, 0.15) is 34.6 Å². The first-order valence-electron chi connectivity index (χ1n) is 8.51. The van der Waals surface area contributed by atoms with Crippen LogP contribution < -0.4 is 0 Å². The lowest BCUT2D eigenvalue weighted by molar-refractivity contribution is 0.0697. The quantitative estimate of drug-likeness (QED) is 0.666. The van der Waals surface area contributed by atoms with Crippen molar-refractivity contribution in [1.82, 2.24) is 15.0 Å². The molecule has 0 saturated carbocycles. The summed E-state index contributed by atoms with van der Waals surface area (Å²) in [5.41, 5.74) is 2.18. The van der Waals surface area contributed by atoms with Gasteiger partial charge in [-0.2, -0.15) is 4.98 Å². The third-order valence-corrected chi connectivity index (χ3v) is 5.52. The average molecular weight is 371 g/mol. The molecule has 1 N–H and O–H groups in total. The summed E-state index contributed by atoms with van der Waals surface area (Å²) in [6.07, 6.45) is 0. The van der Waals surface area contributed by atoms with E-state index >= 15 is 0 Å². The molecule has 3 aromatic rings. The van der Waals surface area contributed by atoms with Gasteiger partial charge in [0.1, 0.15) is 0 Å². The molecular formula is C19H21N3O3S. The number of carbonyl (C=O) groups is 1. The number of nitrogens with zero attached hydrogens (tertiary/aromatic N) is 3. The van der Waals surface area contributed by atoms with E-state index in [1.54, 1.807) is 23.5 Å². The van der Waals surface area contributed by atoms with Crippen molar-refractivity contribution in [3.63, 3.8) is 0 Å². The van der Waals surface area contributed by atoms with Gasteiger partial charge in [-0.1, -0.05) is 31.1 Å². The number of rotatable bonds is 7. The van der Waals surface area contributed by atoms with Gasteiger partial charge >= 0.3 is 5.97 Å². The molecule has 0 aliphatic heterocycles. The van der Waals surface area contributed by atoms with Crippen LogP contribution >= 0.6 is 11.3 Å². The van der Waals surface area contributed by atoms with Gasteiger partial charge in [0, 0.05) is 17.0 Å². The molecule has 1 aromatic carbocycles. The number of thiophene rings is 1. The average Bonchev–Trinajstić information content (AvgIpc) is 3.27. The molecule has 136 valence electrons. The summed E-state index contributed by atoms with van der Waals surface area (Å²) in [7, 11) is 0. The summed E-state index contributed by atoms with van der Waals surface area (Å²) < 4.78 is 5.43. The number of carboxylic acid groups (broad SMARTS) is 1. The van der Waals surface area contributed by atoms with Gasteiger partial charge in [-0.15, -0.1) is 11.3 Å². The van der Waals surface area contributed by atoms with E-state index < -0.39 is 5.97 Å². The highest BCUT2D eigenvalue weighted by atomic mass is 32.1. The Morgan fingerprint density at radius 3 is 2.54 bits per heavy atom. The van der Waals surface area contributed by atoms with Crippen molar-refractivity contribution in [1.29, 1.82) is 0 Å². The SMILES string of the molecule is CCN(CC)Cc1sc(-c2nc(-c3ccc(C(=O)O)cc3)no2)cc1C. The van der Waals surface area contributed by atoms with Crippen LogP contribution in [0.2, 0.25) is 0 Å². The maximum atomic E-state index is 10.9. The van der Waals surface area contributed by atoms with Crippen LogP contribution in [0, 0.1) is 6.92 Å². The molecule has 0 spiro atoms. The highest BCUT2D eigenvalue weighted by Gasteiger charge is 2.16. The maximum absolute atomic E-state index is 10.9. The first-order valence-corrected chi connectivity index (χ1v) is 9.33. The lowest BCUT2D eigenvalue weighted by Gasteiger charge is -2.17. The number of aromatic carboxylic acids is 1. The van der Waals surface area contributed by atoms with Gasteiger partial charge in [0.05, 0.1) is 10.4 Å². The monoisotopic (exact) mass is 371 g/mol. The molecule has 2 heterocycles. The van der Waals surface area contributed by atoms with Crippen LogP contribution in [0.25, 0.3) is 22.2 Å². The summed E-state index contributed by atoms with van der Waals surface area (Å²) in [4.78, 5) is 20.0. The summed E-state index contributed by atoms with van der Waals surface area (Å²) in [6.45, 7) is 9.36. The minimum absolute atomic E-state index is 0.229. The molecular weight excluding hydrogens is 350 g/mol. The highest BCUT2D eigenvalue weighted by molar-refractivity contribution is 7.15. The molecule has 2 aromatic heterocycles. The van der Waals surface area contributed by atoms with Gasteiger partial charge in [0.15, 0.2) is 0 Å². The molecule has 0 saturated heterocycles. The van der Waals surface area contributed by atoms with E-state index in [-0.39, 0.29) is 5.56 Å². The Morgan fingerprint density at radius 1 is 1.23 bits per heavy atom. The van der Waals surface area contributed by atoms with Crippen LogP contribution in [0.5, 0.6) is 0 Å². The number of aromatic nitrogens is 2. The first kappa shape index (κ1) is 18.3. The Balaban J connectivity index is 1.82. The molecule has 0 aliphatic carbocycles. The smallest absolute Gasteiger partial charge is 0.335 e. The summed E-state index contributed by atoms with van der Waals surface area (Å²) in [5, 5.41) is 13.0. The van der Waals surface area contributed by atoms with E-state index in [4.69, 9.17) is 9.63 Å². The highest BCUT2D eigenvalue weighted by Crippen LogP contribution is 2.32. The maximum Gasteiger partial charge on any atom is 0.335 e. The summed E-state index contributed by atoms with van der Waals surface area (Å²) >= 11 is 1.67. The predicted octanol–water partition coefficient (Wildman–Crippen LogP) is 4.31. The Bertz CT molecular complexity index is 895. The van der Waals surface area contributed by atoms with Crippen LogP contribution in [0.15, 0.2) is 34.9 Å². The van der Waals surface area contributed by atoms with Crippen molar-refractivity contribution in [3.05, 3.63) is 46.3 Å². The van der Waals surface area contributed by atoms with Crippen molar-refractivity contribution < 1.29 is 14.4 Å². The topological polar surface area (TPSA) is 79.5 Å². The lowest BCUT2D eigenvalue weighted by Crippen LogP contribution is -2.21. The molecule has 3 rings (SSSR count). The van der Waals surface area contributed by atoms with E-state index in [1.807, 2.05) is 0 Å². The van der Waals surface area contributed by atoms with E-state index in [0.29, 0.717) is 11.7 Å². The molecule has 0 amide bonds. The molecule has 0 atom stereocenters. The minimum Gasteiger partial charge on any atom is -0.478 e. The fourth-order valence-electron chi connectivity index (χ4n) is 2.64. The van der Waals surface area contributed by atoms with Crippen molar-refractivity contribution >= 4 is 17.3 Å². The predicted molar refractivity (Wildman–Crippen MR) is 101 cm³/mol. The fraction of sp³-hybridized carbons (Fsp3) is 0.316. The number of carboxylic acids is 1. The minimum atomic E-state index is -0.958. The summed E-state index contributed by atoms with van der Waals surface area (Å²) in [5.74, 6) is -0.0189. The third-order valence-electron chi connectivity index (χ3n) is 4.31. The van der Waals surface area contributed by atoms with Gasteiger partial charge in [0.25, 0.3) is 5.89 Å². The van der Waals surface area contributed by atoms with Crippen molar-refractivity contribution in [3.8, 4) is 22.2 Å². The standard InChI is InChI=1S/C19H21N3O3S/c1-4-22(5-2)11-16-12(3)10-15(26-16)18-20-17(21-25-18)13-6-8-14(9-7-13)19(23)24/h6-10H,4-5,11H2,1-3H3,(H,23,24). The van der Waals surface area contributed by atoms with Crippen molar-refractivity contribution in [2.75, 3.05) is 13.1 Å². The molecule has 0 unspecified atom stereocenters. The molecule has 7 heteroatoms. The van der Waals surface area contributed by atoms with E-state index in [2.05, 4.69) is 41.9 Å². The van der Waals surface area contributed by atoms with E-state index in [9.17, 15) is 4.79 Å². The van der Waals surface area contributed by atoms with Crippen LogP contribution in [-0.4, -0.2) is 39.2 Å². The van der Waals surface area contributed by atoms with Crippen LogP contribution in [0.4, 0.5) is 0 Å². The molecule has 0 bridgehead atoms. The Labute approximate surface area is 156 Å². The second-order valence-corrected chi connectivity index (χ2v) is 7.12. The molecule has 0 fully saturated rings. The molecule has 0 radical (unpaired) electrons. The van der Waals surface area contributed by atoms with Gasteiger partial charge in [0.2, 0.25) is 5.82 Å². The van der Waals surface area contributed by atoms with Gasteiger partial charge in [-0.05, 0) is 43.8 Å². The lowest BCUT2D eigenvalue weighted by atomic mass is 10.1. The van der Waals surface area contributed by atoms with Crippen molar-refractivity contribution in [2.45, 2.75) is 27.3 Å². The Hall–Kier alpha value is -2.51. The van der Waals surface area contributed by atoms with Crippen LogP contribution in [0.3, 0.4) is 0 Å². The number of hydrogen-bond donors (Lipinski definition) is 1. The first-order chi connectivity index (χ1) is 12.5. The van der Waals surface area contributed by atoms with E-state index in [1.165, 1.54) is 22.6 Å². The third kappa shape index (κ3) is 3.84. The molecule has 0 aliphatic rings.